The third-order valence-corrected chi connectivity index (χ3v) is 2.89. The Labute approximate surface area is 103 Å². The number of para-hydroxylation sites is 1. The molecule has 0 aliphatic rings. The van der Waals surface area contributed by atoms with Crippen molar-refractivity contribution in [2.24, 2.45) is 5.73 Å². The fourth-order valence-electron chi connectivity index (χ4n) is 1.82. The van der Waals surface area contributed by atoms with Crippen LogP contribution in [0.25, 0.3) is 0 Å². The van der Waals surface area contributed by atoms with Gasteiger partial charge in [-0.15, -0.1) is 0 Å². The molecular formula is C13H21N3O. The van der Waals surface area contributed by atoms with Crippen LogP contribution < -0.4 is 10.6 Å². The summed E-state index contributed by atoms with van der Waals surface area (Å²) in [6, 6.07) is 7.73. The number of amides is 2. The molecule has 0 aliphatic carbocycles. The Hall–Kier alpha value is -1.55. The molecule has 4 heteroatoms. The van der Waals surface area contributed by atoms with Gasteiger partial charge in [0.1, 0.15) is 0 Å². The van der Waals surface area contributed by atoms with E-state index in [-0.39, 0.29) is 6.03 Å². The molecule has 0 bridgehead atoms. The number of hydrogen-bond donors (Lipinski definition) is 1. The summed E-state index contributed by atoms with van der Waals surface area (Å²) in [6.45, 7) is 5.81. The number of carbonyl (C=O) groups is 1. The van der Waals surface area contributed by atoms with Crippen LogP contribution in [0.15, 0.2) is 24.3 Å². The summed E-state index contributed by atoms with van der Waals surface area (Å²) >= 11 is 0. The molecule has 0 fully saturated rings. The second-order valence-electron chi connectivity index (χ2n) is 3.85. The van der Waals surface area contributed by atoms with Crippen LogP contribution in [0.5, 0.6) is 0 Å². The molecule has 0 aromatic heterocycles. The van der Waals surface area contributed by atoms with E-state index in [1.165, 1.54) is 0 Å². The second kappa shape index (κ2) is 6.25. The van der Waals surface area contributed by atoms with Gasteiger partial charge in [0.05, 0.1) is 0 Å². The minimum atomic E-state index is 0.0101. The number of hydrogen-bond acceptors (Lipinski definition) is 2. The first-order valence-corrected chi connectivity index (χ1v) is 5.96. The van der Waals surface area contributed by atoms with Crippen molar-refractivity contribution >= 4 is 11.7 Å². The van der Waals surface area contributed by atoms with Gasteiger partial charge in [-0.25, -0.2) is 4.79 Å². The molecule has 1 aromatic carbocycles. The van der Waals surface area contributed by atoms with Gasteiger partial charge in [0, 0.05) is 32.4 Å². The van der Waals surface area contributed by atoms with E-state index < -0.39 is 0 Å². The molecular weight excluding hydrogens is 214 g/mol. The highest BCUT2D eigenvalue weighted by molar-refractivity contribution is 5.92. The molecule has 0 atom stereocenters. The van der Waals surface area contributed by atoms with Crippen molar-refractivity contribution < 1.29 is 4.79 Å². The van der Waals surface area contributed by atoms with Crippen LogP contribution in [0.4, 0.5) is 10.5 Å². The minimum Gasteiger partial charge on any atom is -0.326 e. The molecule has 0 spiro atoms. The van der Waals surface area contributed by atoms with Crippen molar-refractivity contribution in [2.75, 3.05) is 25.0 Å². The molecule has 1 rings (SSSR count). The van der Waals surface area contributed by atoms with E-state index in [0.717, 1.165) is 11.3 Å². The average molecular weight is 235 g/mol. The number of anilines is 1. The number of carbonyl (C=O) groups excluding carboxylic acids is 1. The molecule has 94 valence electrons. The van der Waals surface area contributed by atoms with Crippen LogP contribution in [0.3, 0.4) is 0 Å². The molecule has 0 aliphatic heterocycles. The van der Waals surface area contributed by atoms with Crippen LogP contribution in [0.1, 0.15) is 19.4 Å². The average Bonchev–Trinajstić information content (AvgIpc) is 2.39. The van der Waals surface area contributed by atoms with E-state index in [4.69, 9.17) is 5.73 Å². The van der Waals surface area contributed by atoms with E-state index in [2.05, 4.69) is 0 Å². The summed E-state index contributed by atoms with van der Waals surface area (Å²) in [5.74, 6) is 0. The number of rotatable bonds is 4. The lowest BCUT2D eigenvalue weighted by Gasteiger charge is -2.27. The summed E-state index contributed by atoms with van der Waals surface area (Å²) in [5, 5.41) is 0. The van der Waals surface area contributed by atoms with Crippen molar-refractivity contribution in [1.29, 1.82) is 0 Å². The van der Waals surface area contributed by atoms with Crippen molar-refractivity contribution in [2.45, 2.75) is 20.4 Å². The predicted molar refractivity (Wildman–Crippen MR) is 71.1 cm³/mol. The highest BCUT2D eigenvalue weighted by Crippen LogP contribution is 2.19. The van der Waals surface area contributed by atoms with E-state index >= 15 is 0 Å². The monoisotopic (exact) mass is 235 g/mol. The first-order valence-electron chi connectivity index (χ1n) is 5.96. The molecule has 2 amide bonds. The molecule has 0 saturated heterocycles. The van der Waals surface area contributed by atoms with Crippen molar-refractivity contribution in [3.8, 4) is 0 Å². The third kappa shape index (κ3) is 2.97. The van der Waals surface area contributed by atoms with Crippen LogP contribution in [-0.2, 0) is 6.54 Å². The Morgan fingerprint density at radius 2 is 1.82 bits per heavy atom. The zero-order valence-corrected chi connectivity index (χ0v) is 10.8. The van der Waals surface area contributed by atoms with E-state index in [1.54, 1.807) is 16.8 Å². The first-order chi connectivity index (χ1) is 8.15. The summed E-state index contributed by atoms with van der Waals surface area (Å²) in [7, 11) is 1.79. The van der Waals surface area contributed by atoms with Crippen molar-refractivity contribution in [3.63, 3.8) is 0 Å². The number of urea groups is 1. The molecule has 0 heterocycles. The lowest BCUT2D eigenvalue weighted by Crippen LogP contribution is -2.41. The van der Waals surface area contributed by atoms with Gasteiger partial charge < -0.3 is 10.6 Å². The molecule has 4 nitrogen and oxygen atoms in total. The van der Waals surface area contributed by atoms with Crippen LogP contribution in [0, 0.1) is 0 Å². The van der Waals surface area contributed by atoms with Crippen LogP contribution >= 0.6 is 0 Å². The van der Waals surface area contributed by atoms with Gasteiger partial charge >= 0.3 is 6.03 Å². The van der Waals surface area contributed by atoms with Gasteiger partial charge in [0.15, 0.2) is 0 Å². The Kier molecular flexibility index (Phi) is 4.97. The van der Waals surface area contributed by atoms with Gasteiger partial charge in [0.2, 0.25) is 0 Å². The molecule has 0 radical (unpaired) electrons. The fourth-order valence-corrected chi connectivity index (χ4v) is 1.82. The maximum absolute atomic E-state index is 12.2. The van der Waals surface area contributed by atoms with E-state index in [9.17, 15) is 4.79 Å². The topological polar surface area (TPSA) is 49.6 Å². The fraction of sp³-hybridized carbons (Fsp3) is 0.462. The van der Waals surface area contributed by atoms with Gasteiger partial charge in [-0.05, 0) is 25.5 Å². The smallest absolute Gasteiger partial charge is 0.324 e. The van der Waals surface area contributed by atoms with Gasteiger partial charge in [-0.1, -0.05) is 18.2 Å². The van der Waals surface area contributed by atoms with Gasteiger partial charge in [-0.2, -0.15) is 0 Å². The summed E-state index contributed by atoms with van der Waals surface area (Å²) < 4.78 is 0. The zero-order chi connectivity index (χ0) is 12.8. The Morgan fingerprint density at radius 3 is 2.35 bits per heavy atom. The zero-order valence-electron chi connectivity index (χ0n) is 10.8. The highest BCUT2D eigenvalue weighted by atomic mass is 16.2. The number of nitrogens with zero attached hydrogens (tertiary/aromatic N) is 2. The molecule has 0 saturated carbocycles. The van der Waals surface area contributed by atoms with Gasteiger partial charge in [-0.3, -0.25) is 4.90 Å². The Morgan fingerprint density at radius 1 is 1.24 bits per heavy atom. The van der Waals surface area contributed by atoms with Crippen LogP contribution in [0.2, 0.25) is 0 Å². The minimum absolute atomic E-state index is 0.0101. The summed E-state index contributed by atoms with van der Waals surface area (Å²) in [6.07, 6.45) is 0. The first kappa shape index (κ1) is 13.5. The number of nitrogens with two attached hydrogens (primary N) is 1. The second-order valence-corrected chi connectivity index (χ2v) is 3.85. The molecule has 1 aromatic rings. The lowest BCUT2D eigenvalue weighted by atomic mass is 10.1. The van der Waals surface area contributed by atoms with Crippen molar-refractivity contribution in [3.05, 3.63) is 29.8 Å². The maximum Gasteiger partial charge on any atom is 0.324 e. The lowest BCUT2D eigenvalue weighted by molar-refractivity contribution is 0.211. The SMILES string of the molecule is CCN(CC)C(=O)N(C)c1ccccc1CN. The van der Waals surface area contributed by atoms with E-state index in [1.807, 2.05) is 38.1 Å². The Balaban J connectivity index is 2.95. The standard InChI is InChI=1S/C13H21N3O/c1-4-16(5-2)13(17)15(3)12-9-7-6-8-11(12)10-14/h6-9H,4-5,10,14H2,1-3H3. The number of benzene rings is 1. The summed E-state index contributed by atoms with van der Waals surface area (Å²) in [5.41, 5.74) is 7.54. The molecule has 0 unspecified atom stereocenters. The third-order valence-electron chi connectivity index (χ3n) is 2.89. The van der Waals surface area contributed by atoms with E-state index in [0.29, 0.717) is 19.6 Å². The predicted octanol–water partition coefficient (Wildman–Crippen LogP) is 2.04. The maximum atomic E-state index is 12.2. The van der Waals surface area contributed by atoms with Gasteiger partial charge in [0.25, 0.3) is 0 Å². The largest absolute Gasteiger partial charge is 0.326 e. The summed E-state index contributed by atoms with van der Waals surface area (Å²) in [4.78, 5) is 15.6. The van der Waals surface area contributed by atoms with Crippen LogP contribution in [-0.4, -0.2) is 31.1 Å². The molecule has 2 N–H and O–H groups in total. The quantitative estimate of drug-likeness (QED) is 0.868. The van der Waals surface area contributed by atoms with Crippen molar-refractivity contribution in [1.82, 2.24) is 4.90 Å². The highest BCUT2D eigenvalue weighted by Gasteiger charge is 2.17. The Bertz CT molecular complexity index is 375. The normalized spacial score (nSPS) is 10.1. The molecule has 17 heavy (non-hydrogen) atoms.